The molecule has 1 aromatic heterocycles. The van der Waals surface area contributed by atoms with Gasteiger partial charge in [-0.25, -0.2) is 0 Å². The molecule has 4 heteroatoms. The van der Waals surface area contributed by atoms with Crippen molar-refractivity contribution in [3.05, 3.63) is 30.6 Å². The molecule has 110 valence electrons. The molecule has 1 aliphatic rings. The molecule has 1 saturated heterocycles. The number of nitrogens with zero attached hydrogens (tertiary/aromatic N) is 2. The van der Waals surface area contributed by atoms with Crippen LogP contribution in [-0.4, -0.2) is 42.6 Å². The van der Waals surface area contributed by atoms with Crippen molar-refractivity contribution >= 4 is 17.0 Å². The number of nitrogens with one attached hydrogen (secondary N) is 1. The van der Waals surface area contributed by atoms with Gasteiger partial charge in [0.25, 0.3) is 0 Å². The van der Waals surface area contributed by atoms with Crippen molar-refractivity contribution in [2.24, 2.45) is 0 Å². The maximum absolute atomic E-state index is 3.78. The lowest BCUT2D eigenvalue weighted by molar-refractivity contribution is 0.236. The first kappa shape index (κ1) is 18.6. The highest BCUT2D eigenvalue weighted by atomic mass is 79.9. The SMILES string of the molecule is Br.CCCCCCN1CCNCC1.c1ccncc1. The van der Waals surface area contributed by atoms with Gasteiger partial charge in [-0.2, -0.15) is 0 Å². The fourth-order valence-electron chi connectivity index (χ4n) is 2.01. The lowest BCUT2D eigenvalue weighted by atomic mass is 10.2. The molecule has 0 aromatic carbocycles. The first-order valence-corrected chi connectivity index (χ1v) is 7.21. The van der Waals surface area contributed by atoms with Crippen LogP contribution in [0.3, 0.4) is 0 Å². The van der Waals surface area contributed by atoms with E-state index >= 15 is 0 Å². The Morgan fingerprint density at radius 1 is 1.00 bits per heavy atom. The molecule has 0 bridgehead atoms. The monoisotopic (exact) mass is 329 g/mol. The minimum Gasteiger partial charge on any atom is -0.314 e. The van der Waals surface area contributed by atoms with Crippen molar-refractivity contribution in [1.82, 2.24) is 15.2 Å². The molecule has 1 fully saturated rings. The molecule has 0 aliphatic carbocycles. The van der Waals surface area contributed by atoms with E-state index in [1.807, 2.05) is 18.2 Å². The van der Waals surface area contributed by atoms with Gasteiger partial charge in [-0.05, 0) is 25.1 Å². The van der Waals surface area contributed by atoms with Crippen molar-refractivity contribution in [3.8, 4) is 0 Å². The predicted molar refractivity (Wildman–Crippen MR) is 88.0 cm³/mol. The van der Waals surface area contributed by atoms with Crippen molar-refractivity contribution in [2.75, 3.05) is 32.7 Å². The van der Waals surface area contributed by atoms with Gasteiger partial charge in [-0.15, -0.1) is 17.0 Å². The third-order valence-electron chi connectivity index (χ3n) is 3.10. The van der Waals surface area contributed by atoms with Gasteiger partial charge in [-0.3, -0.25) is 4.98 Å². The van der Waals surface area contributed by atoms with Crippen molar-refractivity contribution in [3.63, 3.8) is 0 Å². The number of pyridine rings is 1. The van der Waals surface area contributed by atoms with Crippen LogP contribution < -0.4 is 5.32 Å². The van der Waals surface area contributed by atoms with Gasteiger partial charge in [0.15, 0.2) is 0 Å². The molecule has 2 heterocycles. The molecule has 0 atom stereocenters. The summed E-state index contributed by atoms with van der Waals surface area (Å²) in [5.74, 6) is 0. The summed E-state index contributed by atoms with van der Waals surface area (Å²) >= 11 is 0. The molecule has 0 unspecified atom stereocenters. The van der Waals surface area contributed by atoms with Crippen LogP contribution in [0.1, 0.15) is 32.6 Å². The number of rotatable bonds is 5. The lowest BCUT2D eigenvalue weighted by Gasteiger charge is -2.26. The second kappa shape index (κ2) is 14.0. The highest BCUT2D eigenvalue weighted by Crippen LogP contribution is 2.01. The summed E-state index contributed by atoms with van der Waals surface area (Å²) in [4.78, 5) is 6.36. The molecule has 0 saturated carbocycles. The molecule has 1 aromatic rings. The molecule has 0 radical (unpaired) electrons. The summed E-state index contributed by atoms with van der Waals surface area (Å²) in [6, 6.07) is 5.72. The molecular formula is C15H28BrN3. The predicted octanol–water partition coefficient (Wildman–Crippen LogP) is 3.13. The van der Waals surface area contributed by atoms with Crippen LogP contribution in [0.2, 0.25) is 0 Å². The van der Waals surface area contributed by atoms with E-state index in [9.17, 15) is 0 Å². The normalized spacial score (nSPS) is 15.0. The van der Waals surface area contributed by atoms with Gasteiger partial charge in [0, 0.05) is 38.6 Å². The average Bonchev–Trinajstić information content (AvgIpc) is 2.47. The maximum Gasteiger partial charge on any atom is 0.0267 e. The minimum absolute atomic E-state index is 0. The molecule has 19 heavy (non-hydrogen) atoms. The Labute approximate surface area is 128 Å². The molecule has 2 rings (SSSR count). The fourth-order valence-corrected chi connectivity index (χ4v) is 2.01. The van der Waals surface area contributed by atoms with E-state index in [1.165, 1.54) is 58.4 Å². The number of unbranched alkanes of at least 4 members (excludes halogenated alkanes) is 3. The van der Waals surface area contributed by atoms with Gasteiger partial charge in [0.1, 0.15) is 0 Å². The van der Waals surface area contributed by atoms with Crippen molar-refractivity contribution < 1.29 is 0 Å². The van der Waals surface area contributed by atoms with Gasteiger partial charge in [-0.1, -0.05) is 32.3 Å². The molecular weight excluding hydrogens is 302 g/mol. The van der Waals surface area contributed by atoms with E-state index in [0.29, 0.717) is 0 Å². The smallest absolute Gasteiger partial charge is 0.0267 e. The maximum atomic E-state index is 3.78. The van der Waals surface area contributed by atoms with Crippen LogP contribution in [0.4, 0.5) is 0 Å². The van der Waals surface area contributed by atoms with E-state index in [-0.39, 0.29) is 17.0 Å². The third-order valence-corrected chi connectivity index (χ3v) is 3.10. The largest absolute Gasteiger partial charge is 0.314 e. The van der Waals surface area contributed by atoms with Crippen LogP contribution in [0, 0.1) is 0 Å². The Kier molecular flexibility index (Phi) is 13.6. The molecule has 1 N–H and O–H groups in total. The van der Waals surface area contributed by atoms with Crippen LogP contribution in [0.5, 0.6) is 0 Å². The zero-order valence-electron chi connectivity index (χ0n) is 12.1. The Bertz CT molecular complexity index is 237. The zero-order chi connectivity index (χ0) is 12.9. The summed E-state index contributed by atoms with van der Waals surface area (Å²) in [6.45, 7) is 8.48. The van der Waals surface area contributed by atoms with Gasteiger partial charge < -0.3 is 10.2 Å². The Hall–Kier alpha value is -0.450. The van der Waals surface area contributed by atoms with E-state index in [2.05, 4.69) is 22.1 Å². The highest BCUT2D eigenvalue weighted by Gasteiger charge is 2.07. The Balaban J connectivity index is 0.000000392. The zero-order valence-corrected chi connectivity index (χ0v) is 13.8. The molecule has 0 amide bonds. The van der Waals surface area contributed by atoms with E-state index < -0.39 is 0 Å². The van der Waals surface area contributed by atoms with Crippen LogP contribution >= 0.6 is 17.0 Å². The number of halogens is 1. The Morgan fingerprint density at radius 3 is 2.16 bits per heavy atom. The summed E-state index contributed by atoms with van der Waals surface area (Å²) in [5.41, 5.74) is 0. The average molecular weight is 330 g/mol. The molecule has 3 nitrogen and oxygen atoms in total. The molecule has 0 spiro atoms. The topological polar surface area (TPSA) is 28.2 Å². The van der Waals surface area contributed by atoms with Crippen LogP contribution in [0.15, 0.2) is 30.6 Å². The standard InChI is InChI=1S/C10H22N2.C5H5N.BrH/c1-2-3-4-5-8-12-9-6-11-7-10-12;1-2-4-6-5-3-1;/h11H,2-10H2,1H3;1-5H;1H. The quantitative estimate of drug-likeness (QED) is 0.841. The summed E-state index contributed by atoms with van der Waals surface area (Å²) < 4.78 is 0. The highest BCUT2D eigenvalue weighted by molar-refractivity contribution is 8.93. The number of hydrogen-bond donors (Lipinski definition) is 1. The van der Waals surface area contributed by atoms with Gasteiger partial charge in [0.05, 0.1) is 0 Å². The number of aromatic nitrogens is 1. The minimum atomic E-state index is 0. The lowest BCUT2D eigenvalue weighted by Crippen LogP contribution is -2.43. The third kappa shape index (κ3) is 11.1. The first-order valence-electron chi connectivity index (χ1n) is 7.21. The first-order chi connectivity index (χ1) is 8.93. The van der Waals surface area contributed by atoms with Crippen molar-refractivity contribution in [2.45, 2.75) is 32.6 Å². The van der Waals surface area contributed by atoms with Gasteiger partial charge >= 0.3 is 0 Å². The Morgan fingerprint density at radius 2 is 1.68 bits per heavy atom. The van der Waals surface area contributed by atoms with E-state index in [1.54, 1.807) is 12.4 Å². The van der Waals surface area contributed by atoms with E-state index in [4.69, 9.17) is 0 Å². The number of hydrogen-bond acceptors (Lipinski definition) is 3. The number of piperazine rings is 1. The summed E-state index contributed by atoms with van der Waals surface area (Å²) in [5, 5.41) is 3.37. The molecule has 1 aliphatic heterocycles. The summed E-state index contributed by atoms with van der Waals surface area (Å²) in [7, 11) is 0. The second-order valence-corrected chi connectivity index (χ2v) is 4.68. The van der Waals surface area contributed by atoms with Crippen LogP contribution in [0.25, 0.3) is 0 Å². The van der Waals surface area contributed by atoms with Crippen LogP contribution in [-0.2, 0) is 0 Å². The van der Waals surface area contributed by atoms with Crippen molar-refractivity contribution in [1.29, 1.82) is 0 Å². The van der Waals surface area contributed by atoms with E-state index in [0.717, 1.165) is 0 Å². The second-order valence-electron chi connectivity index (χ2n) is 4.68. The summed E-state index contributed by atoms with van der Waals surface area (Å²) in [6.07, 6.45) is 9.07. The van der Waals surface area contributed by atoms with Gasteiger partial charge in [0.2, 0.25) is 0 Å². The fraction of sp³-hybridized carbons (Fsp3) is 0.667.